The number of aromatic nitrogens is 1. The first kappa shape index (κ1) is 17.9. The van der Waals surface area contributed by atoms with E-state index in [0.717, 1.165) is 63.2 Å². The molecule has 0 spiro atoms. The summed E-state index contributed by atoms with van der Waals surface area (Å²) in [5.41, 5.74) is 1.05. The number of amides is 2. The van der Waals surface area contributed by atoms with Crippen molar-refractivity contribution in [1.82, 2.24) is 20.5 Å². The number of anilines is 1. The van der Waals surface area contributed by atoms with E-state index in [1.165, 1.54) is 0 Å². The Balaban J connectivity index is 1.46. The van der Waals surface area contributed by atoms with Crippen LogP contribution in [0.1, 0.15) is 31.2 Å². The van der Waals surface area contributed by atoms with Crippen LogP contribution >= 0.6 is 0 Å². The minimum Gasteiger partial charge on any atom is -0.393 e. The van der Waals surface area contributed by atoms with Crippen molar-refractivity contribution in [2.75, 3.05) is 38.1 Å². The van der Waals surface area contributed by atoms with Crippen molar-refractivity contribution in [2.45, 2.75) is 44.4 Å². The van der Waals surface area contributed by atoms with Crippen LogP contribution in [0, 0.1) is 0 Å². The average Bonchev–Trinajstić information content (AvgIpc) is 2.63. The van der Waals surface area contributed by atoms with Crippen molar-refractivity contribution in [3.63, 3.8) is 0 Å². The fourth-order valence-electron chi connectivity index (χ4n) is 3.42. The van der Waals surface area contributed by atoms with Crippen molar-refractivity contribution < 1.29 is 9.90 Å². The van der Waals surface area contributed by atoms with Gasteiger partial charge in [0.25, 0.3) is 0 Å². The number of carbonyl (C=O) groups is 1. The molecule has 1 saturated carbocycles. The number of pyridine rings is 1. The van der Waals surface area contributed by atoms with Gasteiger partial charge in [-0.05, 0) is 50.4 Å². The van der Waals surface area contributed by atoms with Gasteiger partial charge in [-0.25, -0.2) is 9.78 Å². The molecular formula is C18H29N5O2. The molecule has 3 rings (SSSR count). The highest BCUT2D eigenvalue weighted by molar-refractivity contribution is 5.74. The van der Waals surface area contributed by atoms with Gasteiger partial charge >= 0.3 is 6.03 Å². The quantitative estimate of drug-likeness (QED) is 0.755. The molecule has 0 radical (unpaired) electrons. The van der Waals surface area contributed by atoms with Crippen molar-refractivity contribution >= 4 is 11.8 Å². The summed E-state index contributed by atoms with van der Waals surface area (Å²) < 4.78 is 0. The van der Waals surface area contributed by atoms with Gasteiger partial charge in [-0.3, -0.25) is 0 Å². The molecule has 2 aliphatic rings. The Hall–Kier alpha value is -1.86. The Kier molecular flexibility index (Phi) is 6.09. The number of carbonyl (C=O) groups excluding carboxylic acids is 1. The standard InChI is InChI=1S/C18H29N5O2/c1-22-8-10-23(11-9-22)17-12-14(6-7-19-17)13-20-18(25)21-15-2-4-16(24)5-3-15/h6-7,12,15-16,24H,2-5,8-11,13H2,1H3,(H2,20,21,25). The van der Waals surface area contributed by atoms with Crippen LogP contribution in [0.25, 0.3) is 0 Å². The van der Waals surface area contributed by atoms with E-state index in [0.29, 0.717) is 6.54 Å². The van der Waals surface area contributed by atoms with Crippen molar-refractivity contribution in [2.24, 2.45) is 0 Å². The van der Waals surface area contributed by atoms with Crippen LogP contribution in [0.2, 0.25) is 0 Å². The molecule has 0 unspecified atom stereocenters. The monoisotopic (exact) mass is 347 g/mol. The summed E-state index contributed by atoms with van der Waals surface area (Å²) in [6, 6.07) is 4.03. The van der Waals surface area contributed by atoms with E-state index in [1.54, 1.807) is 0 Å². The SMILES string of the molecule is CN1CCN(c2cc(CNC(=O)NC3CCC(O)CC3)ccn2)CC1. The summed E-state index contributed by atoms with van der Waals surface area (Å²) in [7, 11) is 2.14. The zero-order chi connectivity index (χ0) is 17.6. The first-order chi connectivity index (χ1) is 12.1. The van der Waals surface area contributed by atoms with Crippen LogP contribution in [-0.4, -0.2) is 66.4 Å². The van der Waals surface area contributed by atoms with Gasteiger partial charge in [0, 0.05) is 45.0 Å². The van der Waals surface area contributed by atoms with E-state index in [-0.39, 0.29) is 18.2 Å². The average molecular weight is 347 g/mol. The molecule has 7 nitrogen and oxygen atoms in total. The second kappa shape index (κ2) is 8.49. The van der Waals surface area contributed by atoms with Crippen LogP contribution in [0.15, 0.2) is 18.3 Å². The zero-order valence-corrected chi connectivity index (χ0v) is 14.9. The van der Waals surface area contributed by atoms with Gasteiger partial charge in [0.1, 0.15) is 5.82 Å². The number of hydrogen-bond donors (Lipinski definition) is 3. The van der Waals surface area contributed by atoms with Gasteiger partial charge in [-0.1, -0.05) is 0 Å². The minimum absolute atomic E-state index is 0.139. The molecule has 0 aromatic carbocycles. The molecule has 7 heteroatoms. The summed E-state index contributed by atoms with van der Waals surface area (Å²) in [4.78, 5) is 21.1. The van der Waals surface area contributed by atoms with Gasteiger partial charge in [-0.15, -0.1) is 0 Å². The van der Waals surface area contributed by atoms with Crippen LogP contribution in [0.5, 0.6) is 0 Å². The van der Waals surface area contributed by atoms with Crippen LogP contribution in [0.4, 0.5) is 10.6 Å². The topological polar surface area (TPSA) is 80.7 Å². The highest BCUT2D eigenvalue weighted by Crippen LogP contribution is 2.18. The third-order valence-electron chi connectivity index (χ3n) is 5.12. The molecule has 2 heterocycles. The number of aliphatic hydroxyl groups is 1. The van der Waals surface area contributed by atoms with Crippen LogP contribution in [0.3, 0.4) is 0 Å². The Morgan fingerprint density at radius 3 is 2.68 bits per heavy atom. The third-order valence-corrected chi connectivity index (χ3v) is 5.12. The van der Waals surface area contributed by atoms with E-state index in [9.17, 15) is 9.90 Å². The number of hydrogen-bond acceptors (Lipinski definition) is 5. The largest absolute Gasteiger partial charge is 0.393 e. The Labute approximate surface area is 149 Å². The van der Waals surface area contributed by atoms with Gasteiger partial charge < -0.3 is 25.5 Å². The van der Waals surface area contributed by atoms with Crippen molar-refractivity contribution in [1.29, 1.82) is 0 Å². The molecule has 3 N–H and O–H groups in total. The Morgan fingerprint density at radius 2 is 1.96 bits per heavy atom. The molecule has 1 saturated heterocycles. The summed E-state index contributed by atoms with van der Waals surface area (Å²) in [6.45, 7) is 4.54. The molecule has 138 valence electrons. The van der Waals surface area contributed by atoms with Gasteiger partial charge in [0.15, 0.2) is 0 Å². The van der Waals surface area contributed by atoms with Crippen molar-refractivity contribution in [3.05, 3.63) is 23.9 Å². The van der Waals surface area contributed by atoms with Gasteiger partial charge in [0.05, 0.1) is 6.10 Å². The first-order valence-corrected chi connectivity index (χ1v) is 9.21. The summed E-state index contributed by atoms with van der Waals surface area (Å²) in [6.07, 6.45) is 4.83. The maximum atomic E-state index is 12.1. The molecular weight excluding hydrogens is 318 g/mol. The molecule has 1 aromatic rings. The summed E-state index contributed by atoms with van der Waals surface area (Å²) in [5.74, 6) is 0.981. The van der Waals surface area contributed by atoms with Crippen molar-refractivity contribution in [3.8, 4) is 0 Å². The highest BCUT2D eigenvalue weighted by atomic mass is 16.3. The second-order valence-electron chi connectivity index (χ2n) is 7.15. The zero-order valence-electron chi connectivity index (χ0n) is 14.9. The molecule has 0 bridgehead atoms. The predicted octanol–water partition coefficient (Wildman–Crippen LogP) is 0.936. The van der Waals surface area contributed by atoms with Gasteiger partial charge in [-0.2, -0.15) is 0 Å². The molecule has 1 aromatic heterocycles. The second-order valence-corrected chi connectivity index (χ2v) is 7.15. The molecule has 2 fully saturated rings. The molecule has 1 aliphatic heterocycles. The molecule has 0 atom stereocenters. The smallest absolute Gasteiger partial charge is 0.315 e. The number of piperazine rings is 1. The highest BCUT2D eigenvalue weighted by Gasteiger charge is 2.20. The van der Waals surface area contributed by atoms with Gasteiger partial charge in [0.2, 0.25) is 0 Å². The number of rotatable bonds is 4. The Morgan fingerprint density at radius 1 is 1.24 bits per heavy atom. The number of nitrogens with one attached hydrogen (secondary N) is 2. The first-order valence-electron chi connectivity index (χ1n) is 9.21. The van der Waals surface area contributed by atoms with E-state index < -0.39 is 0 Å². The predicted molar refractivity (Wildman–Crippen MR) is 97.6 cm³/mol. The maximum absolute atomic E-state index is 12.1. The maximum Gasteiger partial charge on any atom is 0.315 e. The number of aliphatic hydroxyl groups excluding tert-OH is 1. The fraction of sp³-hybridized carbons (Fsp3) is 0.667. The van der Waals surface area contributed by atoms with E-state index >= 15 is 0 Å². The molecule has 1 aliphatic carbocycles. The summed E-state index contributed by atoms with van der Waals surface area (Å²) in [5, 5.41) is 15.4. The molecule has 2 amide bonds. The molecule has 25 heavy (non-hydrogen) atoms. The summed E-state index contributed by atoms with van der Waals surface area (Å²) >= 11 is 0. The number of likely N-dealkylation sites (N-methyl/N-ethyl adjacent to an activating group) is 1. The number of urea groups is 1. The lowest BCUT2D eigenvalue weighted by Gasteiger charge is -2.33. The van der Waals surface area contributed by atoms with E-state index in [1.807, 2.05) is 12.3 Å². The van der Waals surface area contributed by atoms with E-state index in [2.05, 4.69) is 38.5 Å². The fourth-order valence-corrected chi connectivity index (χ4v) is 3.42. The van der Waals surface area contributed by atoms with E-state index in [4.69, 9.17) is 0 Å². The van der Waals surface area contributed by atoms with Crippen LogP contribution in [-0.2, 0) is 6.54 Å². The van der Waals surface area contributed by atoms with Crippen LogP contribution < -0.4 is 15.5 Å². The minimum atomic E-state index is -0.203. The Bertz CT molecular complexity index is 566. The normalized spacial score (nSPS) is 24.8. The lowest BCUT2D eigenvalue weighted by Crippen LogP contribution is -2.45. The lowest BCUT2D eigenvalue weighted by molar-refractivity contribution is 0.117. The number of nitrogens with zero attached hydrogens (tertiary/aromatic N) is 3. The lowest BCUT2D eigenvalue weighted by atomic mass is 9.93. The third kappa shape index (κ3) is 5.31.